The fourth-order valence-electron chi connectivity index (χ4n) is 3.77. The van der Waals surface area contributed by atoms with Crippen molar-refractivity contribution in [3.05, 3.63) is 81.6 Å². The summed E-state index contributed by atoms with van der Waals surface area (Å²) in [5, 5.41) is 2.28. The quantitative estimate of drug-likeness (QED) is 0.554. The van der Waals surface area contributed by atoms with Crippen LogP contribution in [-0.4, -0.2) is 38.0 Å². The van der Waals surface area contributed by atoms with Gasteiger partial charge in [0.15, 0.2) is 0 Å². The van der Waals surface area contributed by atoms with Crippen molar-refractivity contribution in [2.24, 2.45) is 0 Å². The molecule has 1 N–H and O–H groups in total. The van der Waals surface area contributed by atoms with Gasteiger partial charge in [-0.05, 0) is 92.6 Å². The van der Waals surface area contributed by atoms with E-state index in [-0.39, 0.29) is 6.54 Å². The number of carbonyl (C=O) groups excluding carboxylic acids is 3. The van der Waals surface area contributed by atoms with Crippen molar-refractivity contribution in [2.75, 3.05) is 11.9 Å². The Kier molecular flexibility index (Phi) is 6.20. The molecule has 0 atom stereocenters. The van der Waals surface area contributed by atoms with Gasteiger partial charge in [-0.15, -0.1) is 0 Å². The molecule has 0 saturated carbocycles. The van der Waals surface area contributed by atoms with Crippen LogP contribution in [0.15, 0.2) is 53.6 Å². The van der Waals surface area contributed by atoms with Gasteiger partial charge in [0.2, 0.25) is 5.91 Å². The molecule has 3 heterocycles. The summed E-state index contributed by atoms with van der Waals surface area (Å²) in [6.07, 6.45) is 3.47. The summed E-state index contributed by atoms with van der Waals surface area (Å²) in [4.78, 5) is 43.5. The number of thioether (sulfide) groups is 1. The molecule has 0 spiro atoms. The molecule has 168 valence electrons. The molecule has 33 heavy (non-hydrogen) atoms. The van der Waals surface area contributed by atoms with Crippen molar-refractivity contribution in [1.29, 1.82) is 0 Å². The highest BCUT2D eigenvalue weighted by molar-refractivity contribution is 8.18. The Labute approximate surface area is 196 Å². The fraction of sp³-hybridized carbons (Fsp3) is 0.200. The van der Waals surface area contributed by atoms with Crippen LogP contribution in [0.5, 0.6) is 0 Å². The summed E-state index contributed by atoms with van der Waals surface area (Å²) < 4.78 is 2.01. The van der Waals surface area contributed by atoms with Crippen molar-refractivity contribution in [2.45, 2.75) is 27.7 Å². The van der Waals surface area contributed by atoms with E-state index >= 15 is 0 Å². The zero-order valence-electron chi connectivity index (χ0n) is 18.9. The van der Waals surface area contributed by atoms with E-state index in [0.29, 0.717) is 10.6 Å². The van der Waals surface area contributed by atoms with Gasteiger partial charge in [0.25, 0.3) is 11.1 Å². The highest BCUT2D eigenvalue weighted by Gasteiger charge is 2.36. The smallest absolute Gasteiger partial charge is 0.294 e. The number of nitrogens with zero attached hydrogens (tertiary/aromatic N) is 3. The van der Waals surface area contributed by atoms with Crippen LogP contribution in [0.25, 0.3) is 11.9 Å². The number of carbonyl (C=O) groups is 3. The van der Waals surface area contributed by atoms with Crippen LogP contribution < -0.4 is 5.32 Å². The van der Waals surface area contributed by atoms with Crippen LogP contribution in [0.1, 0.15) is 28.1 Å². The number of benzene rings is 1. The number of hydrogen-bond acceptors (Lipinski definition) is 5. The van der Waals surface area contributed by atoms with E-state index in [9.17, 15) is 14.4 Å². The number of anilines is 1. The molecule has 0 radical (unpaired) electrons. The second-order valence-corrected chi connectivity index (χ2v) is 9.03. The van der Waals surface area contributed by atoms with E-state index in [0.717, 1.165) is 50.6 Å². The third-order valence-corrected chi connectivity index (χ3v) is 6.27. The van der Waals surface area contributed by atoms with Gasteiger partial charge in [0.1, 0.15) is 12.4 Å². The Morgan fingerprint density at radius 3 is 2.55 bits per heavy atom. The van der Waals surface area contributed by atoms with Crippen molar-refractivity contribution in [3.63, 3.8) is 0 Å². The van der Waals surface area contributed by atoms with Crippen molar-refractivity contribution >= 4 is 40.6 Å². The van der Waals surface area contributed by atoms with Crippen LogP contribution in [-0.2, 0) is 9.59 Å². The van der Waals surface area contributed by atoms with E-state index in [1.165, 1.54) is 0 Å². The van der Waals surface area contributed by atoms with Gasteiger partial charge < -0.3 is 9.88 Å². The monoisotopic (exact) mass is 460 g/mol. The van der Waals surface area contributed by atoms with E-state index in [2.05, 4.69) is 10.3 Å². The number of aromatic nitrogens is 2. The van der Waals surface area contributed by atoms with Crippen molar-refractivity contribution in [1.82, 2.24) is 14.5 Å². The van der Waals surface area contributed by atoms with Gasteiger partial charge >= 0.3 is 0 Å². The third-order valence-electron chi connectivity index (χ3n) is 5.36. The molecule has 3 amide bonds. The number of rotatable bonds is 5. The predicted molar refractivity (Wildman–Crippen MR) is 130 cm³/mol. The molecular formula is C25H24N4O3S. The largest absolute Gasteiger partial charge is 0.325 e. The standard InChI is InChI=1S/C25H24N4O3S/c1-15-6-5-7-20(10-15)27-23(30)14-28-24(31)21(33-25(28)32)13-19-12-17(3)29(18(19)4)22-11-16(2)8-9-26-22/h5-13H,14H2,1-4H3,(H,27,30). The topological polar surface area (TPSA) is 84.3 Å². The zero-order valence-corrected chi connectivity index (χ0v) is 19.7. The van der Waals surface area contributed by atoms with Gasteiger partial charge in [-0.2, -0.15) is 0 Å². The van der Waals surface area contributed by atoms with Gasteiger partial charge in [-0.25, -0.2) is 4.98 Å². The third kappa shape index (κ3) is 4.75. The van der Waals surface area contributed by atoms with E-state index in [1.54, 1.807) is 18.3 Å². The van der Waals surface area contributed by atoms with Gasteiger partial charge in [0.05, 0.1) is 4.91 Å². The molecule has 0 unspecified atom stereocenters. The van der Waals surface area contributed by atoms with E-state index in [4.69, 9.17) is 0 Å². The molecule has 1 fully saturated rings. The van der Waals surface area contributed by atoms with Gasteiger partial charge in [0, 0.05) is 23.3 Å². The molecule has 0 bridgehead atoms. The second-order valence-electron chi connectivity index (χ2n) is 8.04. The van der Waals surface area contributed by atoms with Crippen molar-refractivity contribution < 1.29 is 14.4 Å². The molecule has 4 rings (SSSR count). The van der Waals surface area contributed by atoms with Crippen LogP contribution in [0.2, 0.25) is 0 Å². The summed E-state index contributed by atoms with van der Waals surface area (Å²) in [6.45, 7) is 7.51. The van der Waals surface area contributed by atoms with Crippen LogP contribution in [0.3, 0.4) is 0 Å². The van der Waals surface area contributed by atoms with E-state index in [1.807, 2.05) is 68.7 Å². The molecule has 1 saturated heterocycles. The van der Waals surface area contributed by atoms with Gasteiger partial charge in [-0.1, -0.05) is 12.1 Å². The molecule has 2 aromatic heterocycles. The SMILES string of the molecule is Cc1cccc(NC(=O)CN2C(=O)SC(=Cc3cc(C)n(-c4cc(C)ccn4)c3C)C2=O)c1. The Bertz CT molecular complexity index is 1310. The molecule has 1 aromatic carbocycles. The fourth-order valence-corrected chi connectivity index (χ4v) is 4.60. The average molecular weight is 461 g/mol. The minimum Gasteiger partial charge on any atom is -0.325 e. The maximum Gasteiger partial charge on any atom is 0.294 e. The number of nitrogens with one attached hydrogen (secondary N) is 1. The number of amides is 3. The normalized spacial score (nSPS) is 14.9. The van der Waals surface area contributed by atoms with Gasteiger partial charge in [-0.3, -0.25) is 19.3 Å². The zero-order chi connectivity index (χ0) is 23.7. The first kappa shape index (κ1) is 22.5. The lowest BCUT2D eigenvalue weighted by atomic mass is 10.2. The highest BCUT2D eigenvalue weighted by Crippen LogP contribution is 2.33. The first-order valence-corrected chi connectivity index (χ1v) is 11.3. The summed E-state index contributed by atoms with van der Waals surface area (Å²) in [7, 11) is 0. The highest BCUT2D eigenvalue weighted by atomic mass is 32.2. The van der Waals surface area contributed by atoms with Crippen LogP contribution in [0.4, 0.5) is 10.5 Å². The minimum atomic E-state index is -0.470. The maximum absolute atomic E-state index is 12.9. The molecule has 8 heteroatoms. The Morgan fingerprint density at radius 2 is 1.82 bits per heavy atom. The second kappa shape index (κ2) is 9.07. The summed E-state index contributed by atoms with van der Waals surface area (Å²) in [5.41, 5.74) is 5.42. The maximum atomic E-state index is 12.9. The first-order valence-electron chi connectivity index (χ1n) is 10.5. The lowest BCUT2D eigenvalue weighted by molar-refractivity contribution is -0.127. The number of hydrogen-bond donors (Lipinski definition) is 1. The molecule has 7 nitrogen and oxygen atoms in total. The van der Waals surface area contributed by atoms with Crippen LogP contribution in [0, 0.1) is 27.7 Å². The summed E-state index contributed by atoms with van der Waals surface area (Å²) >= 11 is 0.843. The molecule has 3 aromatic rings. The molecule has 1 aliphatic rings. The molecule has 0 aliphatic carbocycles. The Hall–Kier alpha value is -3.65. The lowest BCUT2D eigenvalue weighted by Crippen LogP contribution is -2.36. The van der Waals surface area contributed by atoms with Crippen molar-refractivity contribution in [3.8, 4) is 5.82 Å². The predicted octanol–water partition coefficient (Wildman–Crippen LogP) is 4.78. The Morgan fingerprint density at radius 1 is 1.06 bits per heavy atom. The minimum absolute atomic E-state index is 0.292. The number of pyridine rings is 1. The summed E-state index contributed by atoms with van der Waals surface area (Å²) in [5.74, 6) is -0.0960. The first-order chi connectivity index (χ1) is 15.7. The number of imide groups is 1. The number of aryl methyl sites for hydroxylation is 3. The Balaban J connectivity index is 1.53. The molecule has 1 aliphatic heterocycles. The molecular weight excluding hydrogens is 436 g/mol. The average Bonchev–Trinajstić information content (AvgIpc) is 3.17. The van der Waals surface area contributed by atoms with Crippen LogP contribution >= 0.6 is 11.8 Å². The van der Waals surface area contributed by atoms with E-state index < -0.39 is 17.1 Å². The summed E-state index contributed by atoms with van der Waals surface area (Å²) in [6, 6.07) is 13.2. The lowest BCUT2D eigenvalue weighted by Gasteiger charge is -2.12.